The first-order chi connectivity index (χ1) is 18.8. The number of halogens is 2. The zero-order chi connectivity index (χ0) is 26.2. The Labute approximate surface area is 284 Å². The number of hydrogen-bond donors (Lipinski definition) is 0. The van der Waals surface area contributed by atoms with Gasteiger partial charge in [-0.25, -0.2) is 0 Å². The van der Waals surface area contributed by atoms with Crippen LogP contribution in [0.25, 0.3) is 21.5 Å². The Kier molecular flexibility index (Phi) is 17.6. The molecule has 0 atom stereocenters. The van der Waals surface area contributed by atoms with E-state index in [0.717, 1.165) is 11.3 Å². The van der Waals surface area contributed by atoms with E-state index in [2.05, 4.69) is 86.6 Å². The van der Waals surface area contributed by atoms with Crippen molar-refractivity contribution in [2.45, 2.75) is 102 Å². The van der Waals surface area contributed by atoms with Crippen molar-refractivity contribution in [3.63, 3.8) is 0 Å². The van der Waals surface area contributed by atoms with Crippen LogP contribution in [0.15, 0.2) is 72.8 Å². The minimum Gasteiger partial charge on any atom is -1.00 e. The van der Waals surface area contributed by atoms with E-state index in [0.29, 0.717) is 0 Å². The van der Waals surface area contributed by atoms with Gasteiger partial charge in [-0.3, -0.25) is 0 Å². The molecule has 4 aromatic rings. The Hall–Kier alpha value is -0.0299. The molecule has 2 aliphatic carbocycles. The predicted molar refractivity (Wildman–Crippen MR) is 176 cm³/mol. The Balaban J connectivity index is 0.000000279. The van der Waals surface area contributed by atoms with Crippen molar-refractivity contribution in [2.24, 2.45) is 0 Å². The summed E-state index contributed by atoms with van der Waals surface area (Å²) in [5.74, 6) is 0. The summed E-state index contributed by atoms with van der Waals surface area (Å²) in [5.41, 5.74) is 2.03. The second-order valence-corrected chi connectivity index (χ2v) is 16.9. The molecule has 41 heavy (non-hydrogen) atoms. The third-order valence-corrected chi connectivity index (χ3v) is 15.2. The molecule has 6 rings (SSSR count). The van der Waals surface area contributed by atoms with Gasteiger partial charge in [0.2, 0.25) is 0 Å². The minimum absolute atomic E-state index is 0. The van der Waals surface area contributed by atoms with Crippen LogP contribution < -0.4 is 35.4 Å². The molecule has 0 heterocycles. The predicted octanol–water partition coefficient (Wildman–Crippen LogP) is 4.82. The first-order valence-corrected chi connectivity index (χ1v) is 18.8. The van der Waals surface area contributed by atoms with Gasteiger partial charge >= 0.3 is 25.8 Å². The first kappa shape index (κ1) is 37.2. The van der Waals surface area contributed by atoms with Gasteiger partial charge in [0, 0.05) is 0 Å². The fourth-order valence-corrected chi connectivity index (χ4v) is 13.3. The van der Waals surface area contributed by atoms with E-state index in [-0.39, 0.29) is 66.5 Å². The molecule has 0 radical (unpaired) electrons. The van der Waals surface area contributed by atoms with Gasteiger partial charge in [-0.2, -0.15) is 12.1 Å². The Morgan fingerprint density at radius 1 is 0.610 bits per heavy atom. The normalized spacial score (nSPS) is 16.1. The molecule has 0 saturated heterocycles. The summed E-state index contributed by atoms with van der Waals surface area (Å²) in [6.45, 7) is 4.60. The standard InChI is InChI=1S/C21H28P.C15H20P.2ClH.Hf/c1-3-11-19(12-4-1)22(20-13-5-2-6-14-20)21-15-17-9-7-8-10-18(17)16-21;1-3-9-16(10-4-2)15-11-13-7-5-6-8-14(13)12-15;;;/h7-10,15-16,19-20H,1-6,11-14H2;5-8,11-12H,3-4,9-10H2,1-2H3;2*1H;/q2*-1;;;+4/p-2. The second kappa shape index (κ2) is 19.4. The van der Waals surface area contributed by atoms with E-state index in [1.807, 2.05) is 0 Å². The monoisotopic (exact) mass is 792 g/mol. The summed E-state index contributed by atoms with van der Waals surface area (Å²) in [7, 11) is 0.158. The zero-order valence-electron chi connectivity index (χ0n) is 25.1. The van der Waals surface area contributed by atoms with Gasteiger partial charge in [-0.1, -0.05) is 93.2 Å². The quantitative estimate of drug-likeness (QED) is 0.137. The van der Waals surface area contributed by atoms with Gasteiger partial charge < -0.3 is 24.8 Å². The van der Waals surface area contributed by atoms with Crippen LogP contribution in [0.1, 0.15) is 90.9 Å². The van der Waals surface area contributed by atoms with Crippen molar-refractivity contribution in [3.8, 4) is 0 Å². The molecular formula is C36H48Cl2HfP2. The summed E-state index contributed by atoms with van der Waals surface area (Å²) in [6, 6.07) is 27.6. The zero-order valence-corrected chi connectivity index (χ0v) is 32.0. The average Bonchev–Trinajstić information content (AvgIpc) is 3.59. The van der Waals surface area contributed by atoms with Gasteiger partial charge in [0.25, 0.3) is 0 Å². The number of rotatable bonds is 8. The number of benzene rings is 2. The maximum Gasteiger partial charge on any atom is 4.00 e. The Morgan fingerprint density at radius 3 is 1.46 bits per heavy atom. The maximum absolute atomic E-state index is 2.55. The van der Waals surface area contributed by atoms with Crippen LogP contribution in [0.2, 0.25) is 0 Å². The van der Waals surface area contributed by atoms with Crippen molar-refractivity contribution in [1.29, 1.82) is 0 Å². The van der Waals surface area contributed by atoms with E-state index in [1.165, 1.54) is 111 Å². The average molecular weight is 792 g/mol. The Morgan fingerprint density at radius 2 is 1.02 bits per heavy atom. The summed E-state index contributed by atoms with van der Waals surface area (Å²) in [5, 5.41) is 9.11. The van der Waals surface area contributed by atoms with Crippen LogP contribution in [0.4, 0.5) is 0 Å². The number of hydrogen-bond acceptors (Lipinski definition) is 0. The van der Waals surface area contributed by atoms with Crippen molar-refractivity contribution in [2.75, 3.05) is 12.3 Å². The first-order valence-electron chi connectivity index (χ1n) is 15.6. The molecule has 4 aromatic carbocycles. The van der Waals surface area contributed by atoms with Crippen LogP contribution >= 0.6 is 15.8 Å². The fraction of sp³-hybridized carbons (Fsp3) is 0.500. The van der Waals surface area contributed by atoms with Crippen LogP contribution in [-0.4, -0.2) is 23.6 Å². The van der Waals surface area contributed by atoms with Crippen LogP contribution in [-0.2, 0) is 25.8 Å². The van der Waals surface area contributed by atoms with Crippen LogP contribution in [0, 0.1) is 0 Å². The molecule has 0 aromatic heterocycles. The van der Waals surface area contributed by atoms with E-state index in [4.69, 9.17) is 0 Å². The molecule has 220 valence electrons. The summed E-state index contributed by atoms with van der Waals surface area (Å²) >= 11 is 0. The van der Waals surface area contributed by atoms with Gasteiger partial charge in [0.1, 0.15) is 0 Å². The van der Waals surface area contributed by atoms with Crippen molar-refractivity contribution >= 4 is 48.0 Å². The molecule has 0 spiro atoms. The summed E-state index contributed by atoms with van der Waals surface area (Å²) < 4.78 is 0. The van der Waals surface area contributed by atoms with E-state index in [9.17, 15) is 0 Å². The third-order valence-electron chi connectivity index (χ3n) is 8.79. The van der Waals surface area contributed by atoms with Crippen molar-refractivity contribution in [1.82, 2.24) is 0 Å². The molecule has 0 bridgehead atoms. The molecule has 0 aliphatic heterocycles. The van der Waals surface area contributed by atoms with Crippen molar-refractivity contribution < 1.29 is 50.7 Å². The van der Waals surface area contributed by atoms with Crippen LogP contribution in [0.5, 0.6) is 0 Å². The van der Waals surface area contributed by atoms with Crippen LogP contribution in [0.3, 0.4) is 0 Å². The minimum atomic E-state index is 0. The molecule has 0 amide bonds. The SMILES string of the molecule is CCCP(CCC)c1cc2ccccc2[cH-]1.[Cl-].[Cl-].[Hf+4].c1ccc2[cH-]c(P(C3CCCCC3)C3CCCCC3)cc2c1. The second-order valence-electron chi connectivity index (χ2n) is 11.7. The van der Waals surface area contributed by atoms with Gasteiger partial charge in [0.05, 0.1) is 0 Å². The fourth-order valence-electron chi connectivity index (χ4n) is 6.95. The molecule has 2 aliphatic rings. The van der Waals surface area contributed by atoms with Gasteiger partial charge in [-0.15, -0.1) is 80.7 Å². The third kappa shape index (κ3) is 9.98. The van der Waals surface area contributed by atoms with Gasteiger partial charge in [0.15, 0.2) is 0 Å². The molecular weight excluding hydrogens is 744 g/mol. The molecule has 2 fully saturated rings. The largest absolute Gasteiger partial charge is 4.00 e. The molecule has 0 nitrogen and oxygen atoms in total. The molecule has 5 heteroatoms. The number of fused-ring (bicyclic) bond motifs is 2. The van der Waals surface area contributed by atoms with Gasteiger partial charge in [-0.05, 0) is 49.3 Å². The topological polar surface area (TPSA) is 0 Å². The van der Waals surface area contributed by atoms with Crippen molar-refractivity contribution in [3.05, 3.63) is 72.8 Å². The smallest absolute Gasteiger partial charge is 1.00 e. The maximum atomic E-state index is 2.55. The van der Waals surface area contributed by atoms with E-state index < -0.39 is 0 Å². The van der Waals surface area contributed by atoms with E-state index >= 15 is 0 Å². The van der Waals surface area contributed by atoms with E-state index in [1.54, 1.807) is 10.6 Å². The molecule has 2 saturated carbocycles. The summed E-state index contributed by atoms with van der Waals surface area (Å²) in [6.07, 6.45) is 20.3. The molecule has 0 unspecified atom stereocenters. The molecule has 0 N–H and O–H groups in total. The summed E-state index contributed by atoms with van der Waals surface area (Å²) in [4.78, 5) is 0. The Bertz CT molecular complexity index is 1160.